The monoisotopic (exact) mass is 373 g/mol. The van der Waals surface area contributed by atoms with Crippen LogP contribution in [0.4, 0.5) is 5.82 Å². The van der Waals surface area contributed by atoms with Crippen LogP contribution < -0.4 is 5.32 Å². The standard InChI is InChI=1S/C13H17BrClN5O/c14-10-9-17-20-12(8-11(15)18-13(10)20)16-2-1-3-19-4-6-21-7-5-19/h8-9,16H,1-7H2. The van der Waals surface area contributed by atoms with Gasteiger partial charge in [0.2, 0.25) is 0 Å². The molecule has 1 fully saturated rings. The van der Waals surface area contributed by atoms with E-state index in [4.69, 9.17) is 16.3 Å². The molecule has 3 heterocycles. The van der Waals surface area contributed by atoms with Gasteiger partial charge in [0.15, 0.2) is 5.65 Å². The van der Waals surface area contributed by atoms with E-state index in [2.05, 4.69) is 36.2 Å². The summed E-state index contributed by atoms with van der Waals surface area (Å²) in [6.45, 7) is 5.67. The Morgan fingerprint density at radius 1 is 1.38 bits per heavy atom. The van der Waals surface area contributed by atoms with Crippen molar-refractivity contribution < 1.29 is 4.74 Å². The van der Waals surface area contributed by atoms with Crippen LogP contribution in [0.25, 0.3) is 5.65 Å². The molecule has 1 N–H and O–H groups in total. The van der Waals surface area contributed by atoms with E-state index in [-0.39, 0.29) is 0 Å². The van der Waals surface area contributed by atoms with Crippen molar-refractivity contribution in [2.45, 2.75) is 6.42 Å². The minimum Gasteiger partial charge on any atom is -0.379 e. The van der Waals surface area contributed by atoms with E-state index in [1.54, 1.807) is 16.8 Å². The molecule has 1 saturated heterocycles. The van der Waals surface area contributed by atoms with Gasteiger partial charge in [-0.15, -0.1) is 0 Å². The van der Waals surface area contributed by atoms with E-state index in [1.165, 1.54) is 0 Å². The third kappa shape index (κ3) is 3.66. The van der Waals surface area contributed by atoms with Crippen LogP contribution in [0.5, 0.6) is 0 Å². The summed E-state index contributed by atoms with van der Waals surface area (Å²) in [7, 11) is 0. The minimum atomic E-state index is 0.458. The van der Waals surface area contributed by atoms with Gasteiger partial charge in [-0.3, -0.25) is 4.90 Å². The average Bonchev–Trinajstić information content (AvgIpc) is 2.86. The molecule has 0 aromatic carbocycles. The molecule has 0 aliphatic carbocycles. The first-order valence-electron chi connectivity index (χ1n) is 6.98. The molecular weight excluding hydrogens is 358 g/mol. The molecule has 114 valence electrons. The van der Waals surface area contributed by atoms with Gasteiger partial charge in [-0.25, -0.2) is 4.98 Å². The summed E-state index contributed by atoms with van der Waals surface area (Å²) in [4.78, 5) is 6.68. The highest BCUT2D eigenvalue weighted by molar-refractivity contribution is 9.10. The maximum Gasteiger partial charge on any atom is 0.173 e. The Morgan fingerprint density at radius 3 is 3.00 bits per heavy atom. The molecule has 1 aliphatic heterocycles. The highest BCUT2D eigenvalue weighted by atomic mass is 79.9. The Kier molecular flexibility index (Phi) is 4.95. The van der Waals surface area contributed by atoms with Crippen LogP contribution in [0.1, 0.15) is 6.42 Å². The largest absolute Gasteiger partial charge is 0.379 e. The van der Waals surface area contributed by atoms with Crippen LogP contribution in [0.15, 0.2) is 16.7 Å². The quantitative estimate of drug-likeness (QED) is 0.643. The van der Waals surface area contributed by atoms with Crippen molar-refractivity contribution in [1.82, 2.24) is 19.5 Å². The third-order valence-electron chi connectivity index (χ3n) is 3.46. The number of morpholine rings is 1. The highest BCUT2D eigenvalue weighted by Crippen LogP contribution is 2.22. The van der Waals surface area contributed by atoms with Crippen molar-refractivity contribution in [3.8, 4) is 0 Å². The van der Waals surface area contributed by atoms with Gasteiger partial charge in [0.1, 0.15) is 11.0 Å². The Hall–Kier alpha value is -0.890. The van der Waals surface area contributed by atoms with Gasteiger partial charge < -0.3 is 10.1 Å². The third-order valence-corrected chi connectivity index (χ3v) is 4.21. The summed E-state index contributed by atoms with van der Waals surface area (Å²) in [5.41, 5.74) is 0.721. The summed E-state index contributed by atoms with van der Waals surface area (Å²) in [5.74, 6) is 0.859. The minimum absolute atomic E-state index is 0.458. The number of halogens is 2. The molecule has 2 aromatic heterocycles. The van der Waals surface area contributed by atoms with Gasteiger partial charge in [0, 0.05) is 25.7 Å². The topological polar surface area (TPSA) is 54.7 Å². The van der Waals surface area contributed by atoms with Gasteiger partial charge in [0.25, 0.3) is 0 Å². The summed E-state index contributed by atoms with van der Waals surface area (Å²) in [5, 5.41) is 8.12. The first-order chi connectivity index (χ1) is 10.2. The molecule has 0 unspecified atom stereocenters. The zero-order valence-electron chi connectivity index (χ0n) is 11.6. The second-order valence-corrected chi connectivity index (χ2v) is 6.17. The predicted octanol–water partition coefficient (Wildman–Crippen LogP) is 2.28. The van der Waals surface area contributed by atoms with Crippen LogP contribution >= 0.6 is 27.5 Å². The Bertz CT molecular complexity index is 614. The lowest BCUT2D eigenvalue weighted by molar-refractivity contribution is 0.0378. The number of fused-ring (bicyclic) bond motifs is 1. The van der Waals surface area contributed by atoms with Gasteiger partial charge in [0.05, 0.1) is 23.9 Å². The van der Waals surface area contributed by atoms with E-state index in [0.717, 1.165) is 61.8 Å². The smallest absolute Gasteiger partial charge is 0.173 e. The van der Waals surface area contributed by atoms with Gasteiger partial charge in [-0.2, -0.15) is 9.61 Å². The van der Waals surface area contributed by atoms with E-state index in [0.29, 0.717) is 5.15 Å². The molecular formula is C13H17BrClN5O. The number of aromatic nitrogens is 3. The SMILES string of the molecule is Clc1cc(NCCCN2CCOCC2)n2ncc(Br)c2n1. The van der Waals surface area contributed by atoms with Crippen molar-refractivity contribution in [3.05, 3.63) is 21.9 Å². The fourth-order valence-electron chi connectivity index (χ4n) is 2.38. The van der Waals surface area contributed by atoms with E-state index in [1.807, 2.05) is 0 Å². The number of hydrogen-bond donors (Lipinski definition) is 1. The van der Waals surface area contributed by atoms with E-state index < -0.39 is 0 Å². The molecule has 2 aromatic rings. The van der Waals surface area contributed by atoms with Crippen molar-refractivity contribution in [2.75, 3.05) is 44.7 Å². The van der Waals surface area contributed by atoms with Crippen molar-refractivity contribution >= 4 is 39.0 Å². The number of hydrogen-bond acceptors (Lipinski definition) is 5. The van der Waals surface area contributed by atoms with Gasteiger partial charge in [-0.05, 0) is 28.9 Å². The molecule has 0 amide bonds. The van der Waals surface area contributed by atoms with Crippen LogP contribution in [-0.4, -0.2) is 58.9 Å². The molecule has 0 saturated carbocycles. The number of anilines is 1. The summed E-state index contributed by atoms with van der Waals surface area (Å²) >= 11 is 9.47. The molecule has 0 radical (unpaired) electrons. The van der Waals surface area contributed by atoms with Crippen molar-refractivity contribution in [1.29, 1.82) is 0 Å². The summed E-state index contributed by atoms with van der Waals surface area (Å²) in [6, 6.07) is 1.79. The predicted molar refractivity (Wildman–Crippen MR) is 86.1 cm³/mol. The number of nitrogens with one attached hydrogen (secondary N) is 1. The number of nitrogens with zero attached hydrogens (tertiary/aromatic N) is 4. The van der Waals surface area contributed by atoms with Gasteiger partial charge in [-0.1, -0.05) is 11.6 Å². The Morgan fingerprint density at radius 2 is 2.19 bits per heavy atom. The maximum absolute atomic E-state index is 6.05. The average molecular weight is 375 g/mol. The van der Waals surface area contributed by atoms with E-state index >= 15 is 0 Å². The molecule has 0 atom stereocenters. The molecule has 0 spiro atoms. The highest BCUT2D eigenvalue weighted by Gasteiger charge is 2.11. The summed E-state index contributed by atoms with van der Waals surface area (Å²) < 4.78 is 7.93. The maximum atomic E-state index is 6.05. The van der Waals surface area contributed by atoms with Crippen LogP contribution in [0.2, 0.25) is 5.15 Å². The van der Waals surface area contributed by atoms with Crippen LogP contribution in [-0.2, 0) is 4.74 Å². The van der Waals surface area contributed by atoms with Crippen LogP contribution in [0.3, 0.4) is 0 Å². The fourth-order valence-corrected chi connectivity index (χ4v) is 2.91. The van der Waals surface area contributed by atoms with Crippen molar-refractivity contribution in [3.63, 3.8) is 0 Å². The normalized spacial score (nSPS) is 16.5. The zero-order chi connectivity index (χ0) is 14.7. The molecule has 3 rings (SSSR count). The van der Waals surface area contributed by atoms with Gasteiger partial charge >= 0.3 is 0 Å². The molecule has 1 aliphatic rings. The lowest BCUT2D eigenvalue weighted by atomic mass is 10.3. The number of ether oxygens (including phenoxy) is 1. The molecule has 0 bridgehead atoms. The van der Waals surface area contributed by atoms with Crippen molar-refractivity contribution in [2.24, 2.45) is 0 Å². The number of rotatable bonds is 5. The van der Waals surface area contributed by atoms with E-state index in [9.17, 15) is 0 Å². The zero-order valence-corrected chi connectivity index (χ0v) is 13.9. The second kappa shape index (κ2) is 6.91. The lowest BCUT2D eigenvalue weighted by Crippen LogP contribution is -2.37. The first kappa shape index (κ1) is 15.0. The van der Waals surface area contributed by atoms with Crippen LogP contribution in [0, 0.1) is 0 Å². The lowest BCUT2D eigenvalue weighted by Gasteiger charge is -2.26. The summed E-state index contributed by atoms with van der Waals surface area (Å²) in [6.07, 6.45) is 2.78. The molecule has 21 heavy (non-hydrogen) atoms. The first-order valence-corrected chi connectivity index (χ1v) is 8.15. The second-order valence-electron chi connectivity index (χ2n) is 4.93. The molecule has 6 nitrogen and oxygen atoms in total. The molecule has 8 heteroatoms. The Balaban J connectivity index is 1.57. The fraction of sp³-hybridized carbons (Fsp3) is 0.538. The Labute approximate surface area is 136 Å².